The number of benzene rings is 2. The van der Waals surface area contributed by atoms with Crippen LogP contribution in [0, 0.1) is 0 Å². The third-order valence-corrected chi connectivity index (χ3v) is 4.52. The van der Waals surface area contributed by atoms with Gasteiger partial charge < -0.3 is 9.32 Å². The monoisotopic (exact) mass is 324 g/mol. The van der Waals surface area contributed by atoms with E-state index in [9.17, 15) is 0 Å². The lowest BCUT2D eigenvalue weighted by Crippen LogP contribution is -2.22. The van der Waals surface area contributed by atoms with Gasteiger partial charge in [0.05, 0.1) is 6.07 Å². The summed E-state index contributed by atoms with van der Waals surface area (Å²) >= 11 is 0. The van der Waals surface area contributed by atoms with E-state index in [1.165, 1.54) is 11.1 Å². The van der Waals surface area contributed by atoms with E-state index in [4.69, 9.17) is 9.40 Å². The maximum absolute atomic E-state index is 6.30. The second kappa shape index (κ2) is 6.27. The predicted molar refractivity (Wildman–Crippen MR) is 101 cm³/mol. The number of aromatic nitrogens is 1. The van der Waals surface area contributed by atoms with Crippen molar-refractivity contribution in [3.63, 3.8) is 0 Å². The molecule has 1 aromatic carbocycles. The quantitative estimate of drug-likeness (QED) is 0.548. The zero-order chi connectivity index (χ0) is 17.4. The van der Waals surface area contributed by atoms with Crippen LogP contribution in [0.25, 0.3) is 22.6 Å². The highest BCUT2D eigenvalue weighted by atomic mass is 16.3. The van der Waals surface area contributed by atoms with Crippen LogP contribution in [-0.4, -0.2) is 33.2 Å². The standard InChI is InChI=1S/C20H26N3O/c1-7-13-9-15(22(3)4)11-17-19(13)21-20-14(8-2)10-16(23(5)6)12-18(20)24-17/h9-12H,7-8H2,1-6H3/q+1. The molecule has 24 heavy (non-hydrogen) atoms. The van der Waals surface area contributed by atoms with Gasteiger partial charge in [0, 0.05) is 31.9 Å². The van der Waals surface area contributed by atoms with Crippen molar-refractivity contribution < 1.29 is 4.42 Å². The van der Waals surface area contributed by atoms with Crippen molar-refractivity contribution in [1.82, 2.24) is 9.56 Å². The summed E-state index contributed by atoms with van der Waals surface area (Å²) < 4.78 is 8.40. The molecule has 0 saturated carbocycles. The van der Waals surface area contributed by atoms with Crippen molar-refractivity contribution >= 4 is 16.8 Å². The van der Waals surface area contributed by atoms with Crippen molar-refractivity contribution in [2.45, 2.75) is 26.7 Å². The Morgan fingerprint density at radius 1 is 1.00 bits per heavy atom. The van der Waals surface area contributed by atoms with Gasteiger partial charge in [0.25, 0.3) is 0 Å². The van der Waals surface area contributed by atoms with Crippen molar-refractivity contribution in [2.24, 2.45) is 0 Å². The van der Waals surface area contributed by atoms with Crippen LogP contribution in [0.5, 0.6) is 0 Å². The minimum absolute atomic E-state index is 0.850. The topological polar surface area (TPSA) is 32.3 Å². The SMILES string of the molecule is CCc1cc(=[N+](C)C)cc2oc3cc(N(C)C)cc(CC)c3nc1-2. The van der Waals surface area contributed by atoms with Gasteiger partial charge in [0.1, 0.15) is 25.3 Å². The zero-order valence-corrected chi connectivity index (χ0v) is 15.5. The van der Waals surface area contributed by atoms with Crippen molar-refractivity contribution in [1.29, 1.82) is 0 Å². The lowest BCUT2D eigenvalue weighted by atomic mass is 10.0. The fraction of sp³-hybridized carbons (Fsp3) is 0.400. The van der Waals surface area contributed by atoms with Crippen LogP contribution >= 0.6 is 0 Å². The number of fused-ring (bicyclic) bond motifs is 2. The number of nitrogens with zero attached hydrogens (tertiary/aromatic N) is 3. The molecule has 0 saturated heterocycles. The Morgan fingerprint density at radius 2 is 1.71 bits per heavy atom. The van der Waals surface area contributed by atoms with Gasteiger partial charge in [-0.15, -0.1) is 0 Å². The lowest BCUT2D eigenvalue weighted by Gasteiger charge is -2.17. The third-order valence-electron chi connectivity index (χ3n) is 4.52. The van der Waals surface area contributed by atoms with E-state index in [1.807, 2.05) is 0 Å². The van der Waals surface area contributed by atoms with Crippen LogP contribution in [0.2, 0.25) is 0 Å². The molecular formula is C20H26N3O+. The average Bonchev–Trinajstić information content (AvgIpc) is 2.57. The van der Waals surface area contributed by atoms with E-state index in [0.29, 0.717) is 0 Å². The first-order valence-electron chi connectivity index (χ1n) is 8.52. The Bertz CT molecular complexity index is 934. The molecule has 4 heteroatoms. The molecular weight excluding hydrogens is 298 g/mol. The Kier molecular flexibility index (Phi) is 4.31. The summed E-state index contributed by atoms with van der Waals surface area (Å²) in [6.07, 6.45) is 1.87. The van der Waals surface area contributed by atoms with E-state index >= 15 is 0 Å². The number of hydrogen-bond acceptors (Lipinski definition) is 3. The van der Waals surface area contributed by atoms with Crippen molar-refractivity contribution in [3.8, 4) is 11.5 Å². The fourth-order valence-corrected chi connectivity index (χ4v) is 2.99. The molecule has 0 fully saturated rings. The van der Waals surface area contributed by atoms with E-state index in [0.717, 1.165) is 46.4 Å². The van der Waals surface area contributed by atoms with Crippen molar-refractivity contribution in [2.75, 3.05) is 33.1 Å². The Morgan fingerprint density at radius 3 is 2.29 bits per heavy atom. The van der Waals surface area contributed by atoms with Gasteiger partial charge in [-0.05, 0) is 30.0 Å². The maximum atomic E-state index is 6.30. The van der Waals surface area contributed by atoms with Gasteiger partial charge in [-0.3, -0.25) is 0 Å². The van der Waals surface area contributed by atoms with Gasteiger partial charge in [0.15, 0.2) is 11.3 Å². The molecule has 4 nitrogen and oxygen atoms in total. The van der Waals surface area contributed by atoms with Gasteiger partial charge >= 0.3 is 0 Å². The first-order chi connectivity index (χ1) is 11.4. The minimum Gasteiger partial charge on any atom is -0.452 e. The predicted octanol–water partition coefficient (Wildman–Crippen LogP) is 3.16. The van der Waals surface area contributed by atoms with E-state index in [-0.39, 0.29) is 0 Å². The van der Waals surface area contributed by atoms with Crippen LogP contribution in [-0.2, 0) is 12.8 Å². The first kappa shape index (κ1) is 16.5. The van der Waals surface area contributed by atoms with E-state index in [2.05, 4.69) is 75.8 Å². The summed E-state index contributed by atoms with van der Waals surface area (Å²) in [7, 11) is 8.20. The van der Waals surface area contributed by atoms with Crippen LogP contribution in [0.1, 0.15) is 25.0 Å². The average molecular weight is 324 g/mol. The minimum atomic E-state index is 0.850. The van der Waals surface area contributed by atoms with Gasteiger partial charge in [-0.2, -0.15) is 0 Å². The molecule has 0 aromatic heterocycles. The molecule has 2 aliphatic rings. The zero-order valence-electron chi connectivity index (χ0n) is 15.5. The first-order valence-corrected chi connectivity index (χ1v) is 8.52. The molecule has 0 unspecified atom stereocenters. The molecule has 1 heterocycles. The number of anilines is 1. The van der Waals surface area contributed by atoms with Crippen molar-refractivity contribution in [3.05, 3.63) is 40.7 Å². The third kappa shape index (κ3) is 2.77. The molecule has 0 atom stereocenters. The number of aryl methyl sites for hydroxylation is 2. The molecule has 0 amide bonds. The van der Waals surface area contributed by atoms with Gasteiger partial charge in [-0.1, -0.05) is 13.8 Å². The smallest absolute Gasteiger partial charge is 0.203 e. The highest BCUT2D eigenvalue weighted by Gasteiger charge is 2.17. The fourth-order valence-electron chi connectivity index (χ4n) is 2.99. The largest absolute Gasteiger partial charge is 0.452 e. The second-order valence-electron chi connectivity index (χ2n) is 6.61. The molecule has 1 aliphatic heterocycles. The summed E-state index contributed by atoms with van der Waals surface area (Å²) in [4.78, 5) is 7.09. The Balaban J connectivity index is 2.44. The highest BCUT2D eigenvalue weighted by Crippen LogP contribution is 2.31. The summed E-state index contributed by atoms with van der Waals surface area (Å²) in [5, 5.41) is 1.14. The van der Waals surface area contributed by atoms with E-state index < -0.39 is 0 Å². The van der Waals surface area contributed by atoms with E-state index in [1.54, 1.807) is 0 Å². The van der Waals surface area contributed by atoms with Crippen LogP contribution < -0.4 is 14.8 Å². The molecule has 3 rings (SSSR count). The maximum Gasteiger partial charge on any atom is 0.203 e. The summed E-state index contributed by atoms with van der Waals surface area (Å²) in [6, 6.07) is 8.57. The number of hydrogen-bond donors (Lipinski definition) is 0. The lowest BCUT2D eigenvalue weighted by molar-refractivity contribution is 0.608. The summed E-state index contributed by atoms with van der Waals surface area (Å²) in [5.74, 6) is 0.850. The van der Waals surface area contributed by atoms with Crippen LogP contribution in [0.4, 0.5) is 5.69 Å². The van der Waals surface area contributed by atoms with Gasteiger partial charge in [-0.25, -0.2) is 9.56 Å². The molecule has 0 bridgehead atoms. The second-order valence-corrected chi connectivity index (χ2v) is 6.61. The van der Waals surface area contributed by atoms with Gasteiger partial charge in [0.2, 0.25) is 5.36 Å². The van der Waals surface area contributed by atoms with Crippen LogP contribution in [0.15, 0.2) is 28.7 Å². The molecule has 126 valence electrons. The summed E-state index contributed by atoms with van der Waals surface area (Å²) in [5.41, 5.74) is 6.39. The summed E-state index contributed by atoms with van der Waals surface area (Å²) in [6.45, 7) is 4.33. The normalized spacial score (nSPS) is 11.2. The Labute approximate surface area is 143 Å². The highest BCUT2D eigenvalue weighted by molar-refractivity contribution is 5.84. The number of rotatable bonds is 3. The Hall–Kier alpha value is -2.36. The molecule has 0 radical (unpaired) electrons. The molecule has 0 N–H and O–H groups in total. The molecule has 1 aromatic rings. The molecule has 1 aliphatic carbocycles. The van der Waals surface area contributed by atoms with Crippen LogP contribution in [0.3, 0.4) is 0 Å². The molecule has 0 spiro atoms.